The highest BCUT2D eigenvalue weighted by molar-refractivity contribution is 7.91. The normalized spacial score (nSPS) is 11.7. The highest BCUT2D eigenvalue weighted by Crippen LogP contribution is 2.37. The van der Waals surface area contributed by atoms with E-state index in [4.69, 9.17) is 0 Å². The lowest BCUT2D eigenvalue weighted by atomic mass is 10.1. The third-order valence-corrected chi connectivity index (χ3v) is 5.46. The molecule has 5 heteroatoms. The fourth-order valence-corrected chi connectivity index (χ4v) is 4.09. The number of aromatic nitrogens is 1. The molecule has 2 aromatic carbocycles. The molecule has 0 spiro atoms. The topological polar surface area (TPSA) is 67.3 Å². The van der Waals surface area contributed by atoms with Crippen molar-refractivity contribution in [3.05, 3.63) is 60.3 Å². The molecule has 1 N–H and O–H groups in total. The van der Waals surface area contributed by atoms with E-state index in [1.54, 1.807) is 42.6 Å². The van der Waals surface area contributed by atoms with Gasteiger partial charge in [-0.3, -0.25) is 4.98 Å². The fraction of sp³-hybridized carbons (Fsp3) is 0.118. The SMILES string of the molecule is CCc1cc2ncccc2c(S(=O)(=O)c2ccccc2)c1O. The Labute approximate surface area is 129 Å². The zero-order valence-corrected chi connectivity index (χ0v) is 12.8. The van der Waals surface area contributed by atoms with E-state index in [0.29, 0.717) is 22.9 Å². The maximum absolute atomic E-state index is 12.9. The van der Waals surface area contributed by atoms with Crippen molar-refractivity contribution < 1.29 is 13.5 Å². The van der Waals surface area contributed by atoms with Gasteiger partial charge in [0.05, 0.1) is 10.4 Å². The molecule has 4 nitrogen and oxygen atoms in total. The fourth-order valence-electron chi connectivity index (χ4n) is 2.49. The number of phenolic OH excluding ortho intramolecular Hbond substituents is 1. The summed E-state index contributed by atoms with van der Waals surface area (Å²) in [5.74, 6) is -0.188. The van der Waals surface area contributed by atoms with Crippen LogP contribution in [0.1, 0.15) is 12.5 Å². The van der Waals surface area contributed by atoms with Crippen molar-refractivity contribution in [2.24, 2.45) is 0 Å². The Balaban J connectivity index is 2.42. The third kappa shape index (κ3) is 2.23. The first-order chi connectivity index (χ1) is 10.6. The molecule has 0 unspecified atom stereocenters. The average molecular weight is 313 g/mol. The average Bonchev–Trinajstić information content (AvgIpc) is 2.54. The first-order valence-electron chi connectivity index (χ1n) is 6.95. The molecular formula is C17H15NO3S. The van der Waals surface area contributed by atoms with Crippen LogP contribution in [0.3, 0.4) is 0 Å². The smallest absolute Gasteiger partial charge is 0.210 e. The predicted octanol–water partition coefficient (Wildman–Crippen LogP) is 3.34. The number of aromatic hydroxyl groups is 1. The van der Waals surface area contributed by atoms with E-state index >= 15 is 0 Å². The van der Waals surface area contributed by atoms with Crippen LogP contribution in [0.4, 0.5) is 0 Å². The minimum Gasteiger partial charge on any atom is -0.506 e. The highest BCUT2D eigenvalue weighted by atomic mass is 32.2. The number of nitrogens with zero attached hydrogens (tertiary/aromatic N) is 1. The molecule has 22 heavy (non-hydrogen) atoms. The third-order valence-electron chi connectivity index (χ3n) is 3.62. The van der Waals surface area contributed by atoms with Crippen molar-refractivity contribution in [1.29, 1.82) is 0 Å². The molecule has 1 aromatic heterocycles. The first kappa shape index (κ1) is 14.5. The van der Waals surface area contributed by atoms with Gasteiger partial charge in [0.2, 0.25) is 9.84 Å². The van der Waals surface area contributed by atoms with Crippen LogP contribution >= 0.6 is 0 Å². The van der Waals surface area contributed by atoms with Crippen LogP contribution in [0.2, 0.25) is 0 Å². The van der Waals surface area contributed by atoms with Crippen LogP contribution in [0, 0.1) is 0 Å². The Morgan fingerprint density at radius 3 is 2.50 bits per heavy atom. The number of benzene rings is 2. The number of rotatable bonds is 3. The molecule has 1 heterocycles. The standard InChI is InChI=1S/C17H15NO3S/c1-2-12-11-15-14(9-6-10-18-15)17(16(12)19)22(20,21)13-7-4-3-5-8-13/h3-11,19H,2H2,1H3. The second-order valence-corrected chi connectivity index (χ2v) is 6.84. The Bertz CT molecular complexity index is 935. The number of sulfone groups is 1. The van der Waals surface area contributed by atoms with Crippen LogP contribution in [-0.4, -0.2) is 18.5 Å². The zero-order chi connectivity index (χ0) is 15.7. The van der Waals surface area contributed by atoms with E-state index in [-0.39, 0.29) is 15.5 Å². The van der Waals surface area contributed by atoms with E-state index in [2.05, 4.69) is 4.98 Å². The summed E-state index contributed by atoms with van der Waals surface area (Å²) in [5, 5.41) is 10.9. The molecule has 3 rings (SSSR count). The number of hydrogen-bond acceptors (Lipinski definition) is 4. The van der Waals surface area contributed by atoms with E-state index in [0.717, 1.165) is 0 Å². The van der Waals surface area contributed by atoms with Crippen molar-refractivity contribution in [2.75, 3.05) is 0 Å². The van der Waals surface area contributed by atoms with Gasteiger partial charge in [-0.1, -0.05) is 25.1 Å². The second-order valence-electron chi connectivity index (χ2n) is 4.95. The van der Waals surface area contributed by atoms with Gasteiger partial charge < -0.3 is 5.11 Å². The molecule has 0 bridgehead atoms. The van der Waals surface area contributed by atoms with Gasteiger partial charge in [-0.15, -0.1) is 0 Å². The number of hydrogen-bond donors (Lipinski definition) is 1. The van der Waals surface area contributed by atoms with E-state index in [9.17, 15) is 13.5 Å². The monoisotopic (exact) mass is 313 g/mol. The molecule has 0 radical (unpaired) electrons. The summed E-state index contributed by atoms with van der Waals surface area (Å²) in [6.07, 6.45) is 2.13. The Kier molecular flexibility index (Phi) is 3.58. The van der Waals surface area contributed by atoms with Crippen molar-refractivity contribution in [1.82, 2.24) is 4.98 Å². The molecule has 3 aromatic rings. The summed E-state index contributed by atoms with van der Waals surface area (Å²) in [6, 6.07) is 13.2. The van der Waals surface area contributed by atoms with E-state index in [1.807, 2.05) is 6.92 Å². The summed E-state index contributed by atoms with van der Waals surface area (Å²) >= 11 is 0. The van der Waals surface area contributed by atoms with E-state index in [1.165, 1.54) is 12.1 Å². The lowest BCUT2D eigenvalue weighted by molar-refractivity contribution is 0.454. The van der Waals surface area contributed by atoms with Crippen LogP contribution in [0.5, 0.6) is 5.75 Å². The van der Waals surface area contributed by atoms with Gasteiger partial charge >= 0.3 is 0 Å². The van der Waals surface area contributed by atoms with Crippen LogP contribution in [0.25, 0.3) is 10.9 Å². The zero-order valence-electron chi connectivity index (χ0n) is 12.0. The molecular weight excluding hydrogens is 298 g/mol. The van der Waals surface area contributed by atoms with E-state index < -0.39 is 9.84 Å². The van der Waals surface area contributed by atoms with Crippen LogP contribution < -0.4 is 0 Å². The van der Waals surface area contributed by atoms with Crippen molar-refractivity contribution in [3.63, 3.8) is 0 Å². The van der Waals surface area contributed by atoms with Gasteiger partial charge in [0.1, 0.15) is 10.6 Å². The van der Waals surface area contributed by atoms with Crippen molar-refractivity contribution in [2.45, 2.75) is 23.1 Å². The van der Waals surface area contributed by atoms with Crippen LogP contribution in [-0.2, 0) is 16.3 Å². The summed E-state index contributed by atoms with van der Waals surface area (Å²) in [7, 11) is -3.82. The summed E-state index contributed by atoms with van der Waals surface area (Å²) in [5.41, 5.74) is 1.13. The highest BCUT2D eigenvalue weighted by Gasteiger charge is 2.26. The summed E-state index contributed by atoms with van der Waals surface area (Å²) in [6.45, 7) is 1.86. The van der Waals surface area contributed by atoms with Gasteiger partial charge in [0, 0.05) is 11.6 Å². The Morgan fingerprint density at radius 1 is 1.09 bits per heavy atom. The quantitative estimate of drug-likeness (QED) is 0.805. The molecule has 0 aliphatic carbocycles. The molecule has 0 aliphatic heterocycles. The Hall–Kier alpha value is -2.40. The molecule has 0 saturated heterocycles. The van der Waals surface area contributed by atoms with Gasteiger partial charge in [-0.2, -0.15) is 0 Å². The first-order valence-corrected chi connectivity index (χ1v) is 8.43. The lowest BCUT2D eigenvalue weighted by Gasteiger charge is -2.13. The van der Waals surface area contributed by atoms with Gasteiger partial charge in [-0.05, 0) is 42.3 Å². The number of fused-ring (bicyclic) bond motifs is 1. The second kappa shape index (κ2) is 5.42. The number of pyridine rings is 1. The number of aryl methyl sites for hydroxylation is 1. The Morgan fingerprint density at radius 2 is 1.82 bits per heavy atom. The van der Waals surface area contributed by atoms with Crippen molar-refractivity contribution >= 4 is 20.7 Å². The molecule has 0 atom stereocenters. The van der Waals surface area contributed by atoms with Crippen molar-refractivity contribution in [3.8, 4) is 5.75 Å². The van der Waals surface area contributed by atoms with Gasteiger partial charge in [0.25, 0.3) is 0 Å². The predicted molar refractivity (Wildman–Crippen MR) is 84.7 cm³/mol. The molecule has 112 valence electrons. The maximum Gasteiger partial charge on any atom is 0.210 e. The minimum atomic E-state index is -3.82. The molecule has 0 saturated carbocycles. The number of phenols is 1. The molecule has 0 amide bonds. The summed E-state index contributed by atoms with van der Waals surface area (Å²) in [4.78, 5) is 4.31. The lowest BCUT2D eigenvalue weighted by Crippen LogP contribution is -2.05. The molecule has 0 fully saturated rings. The maximum atomic E-state index is 12.9. The minimum absolute atomic E-state index is 0.0684. The van der Waals surface area contributed by atoms with Gasteiger partial charge in [-0.25, -0.2) is 8.42 Å². The molecule has 0 aliphatic rings. The summed E-state index contributed by atoms with van der Waals surface area (Å²) < 4.78 is 25.9. The largest absolute Gasteiger partial charge is 0.506 e. The van der Waals surface area contributed by atoms with Crippen LogP contribution in [0.15, 0.2) is 64.5 Å². The van der Waals surface area contributed by atoms with Gasteiger partial charge in [0.15, 0.2) is 0 Å².